The van der Waals surface area contributed by atoms with Crippen molar-refractivity contribution >= 4 is 23.9 Å². The SMILES string of the molecule is CC(=O)OC[C@]12[C@@H](OC(C)=O)C[C@@H]3[C@@H](OC(C)=O)[C@]1(OC3(C)C)[C@@](C)(O)CC[C@@H]2OC(=O)c1ccccc1. The van der Waals surface area contributed by atoms with Gasteiger partial charge in [0.2, 0.25) is 0 Å². The van der Waals surface area contributed by atoms with Gasteiger partial charge in [-0.1, -0.05) is 18.2 Å². The molecular weight excluding hydrogens is 496 g/mol. The van der Waals surface area contributed by atoms with Crippen LogP contribution in [0.1, 0.15) is 71.2 Å². The third-order valence-electron chi connectivity index (χ3n) is 8.46. The average Bonchev–Trinajstić information content (AvgIpc) is 2.98. The Kier molecular flexibility index (Phi) is 7.12. The molecule has 2 saturated carbocycles. The molecular formula is C28H36O10. The lowest BCUT2D eigenvalue weighted by Gasteiger charge is -2.64. The van der Waals surface area contributed by atoms with E-state index in [1.54, 1.807) is 37.3 Å². The van der Waals surface area contributed by atoms with Crippen LogP contribution in [0.15, 0.2) is 30.3 Å². The molecule has 1 spiro atoms. The summed E-state index contributed by atoms with van der Waals surface area (Å²) in [6.07, 6.45) is -2.64. The molecule has 2 bridgehead atoms. The number of hydrogen-bond acceptors (Lipinski definition) is 10. The van der Waals surface area contributed by atoms with Gasteiger partial charge in [0.05, 0.1) is 16.8 Å². The van der Waals surface area contributed by atoms with Crippen LogP contribution in [0.2, 0.25) is 0 Å². The molecule has 3 fully saturated rings. The maximum Gasteiger partial charge on any atom is 0.338 e. The fourth-order valence-corrected chi connectivity index (χ4v) is 7.01. The summed E-state index contributed by atoms with van der Waals surface area (Å²) in [4.78, 5) is 50.3. The van der Waals surface area contributed by atoms with Crippen LogP contribution >= 0.6 is 0 Å². The van der Waals surface area contributed by atoms with Gasteiger partial charge in [-0.15, -0.1) is 0 Å². The van der Waals surface area contributed by atoms with Gasteiger partial charge in [0.15, 0.2) is 5.60 Å². The first-order chi connectivity index (χ1) is 17.7. The van der Waals surface area contributed by atoms with Gasteiger partial charge in [0, 0.05) is 26.7 Å². The number of esters is 4. The van der Waals surface area contributed by atoms with E-state index in [1.165, 1.54) is 20.8 Å². The molecule has 2 aliphatic carbocycles. The fourth-order valence-electron chi connectivity index (χ4n) is 7.01. The molecule has 1 aromatic rings. The lowest BCUT2D eigenvalue weighted by molar-refractivity contribution is -0.340. The number of fused-ring (bicyclic) bond motifs is 1. The van der Waals surface area contributed by atoms with E-state index in [0.717, 1.165) is 0 Å². The van der Waals surface area contributed by atoms with Gasteiger partial charge in [0.1, 0.15) is 30.3 Å². The normalized spacial score (nSPS) is 36.9. The van der Waals surface area contributed by atoms with E-state index < -0.39 is 76.9 Å². The van der Waals surface area contributed by atoms with Crippen molar-refractivity contribution in [2.75, 3.05) is 6.61 Å². The van der Waals surface area contributed by atoms with Crippen molar-refractivity contribution in [2.24, 2.45) is 11.3 Å². The predicted molar refractivity (Wildman–Crippen MR) is 132 cm³/mol. The second kappa shape index (κ2) is 9.64. The van der Waals surface area contributed by atoms with Crippen LogP contribution in [-0.2, 0) is 38.1 Å². The van der Waals surface area contributed by atoms with E-state index in [9.17, 15) is 24.3 Å². The minimum Gasteiger partial charge on any atom is -0.465 e. The molecule has 10 heteroatoms. The van der Waals surface area contributed by atoms with Crippen molar-refractivity contribution < 1.29 is 48.0 Å². The highest BCUT2D eigenvalue weighted by molar-refractivity contribution is 5.89. The number of ether oxygens (including phenoxy) is 5. The van der Waals surface area contributed by atoms with Gasteiger partial charge < -0.3 is 28.8 Å². The minimum absolute atomic E-state index is 0.106. The lowest BCUT2D eigenvalue weighted by atomic mass is 9.47. The number of benzene rings is 1. The quantitative estimate of drug-likeness (QED) is 0.430. The van der Waals surface area contributed by atoms with Crippen molar-refractivity contribution in [1.29, 1.82) is 0 Å². The van der Waals surface area contributed by atoms with Crippen LogP contribution in [0.25, 0.3) is 0 Å². The number of aliphatic hydroxyl groups is 1. The van der Waals surface area contributed by atoms with Gasteiger partial charge in [-0.2, -0.15) is 0 Å². The first-order valence-electron chi connectivity index (χ1n) is 12.8. The molecule has 0 unspecified atom stereocenters. The molecule has 0 radical (unpaired) electrons. The predicted octanol–water partition coefficient (Wildman–Crippen LogP) is 2.74. The van der Waals surface area contributed by atoms with Gasteiger partial charge in [-0.05, 0) is 52.2 Å². The van der Waals surface area contributed by atoms with Gasteiger partial charge in [-0.25, -0.2) is 4.79 Å². The summed E-state index contributed by atoms with van der Waals surface area (Å²) in [6, 6.07) is 8.37. The van der Waals surface area contributed by atoms with E-state index in [4.69, 9.17) is 23.7 Å². The van der Waals surface area contributed by atoms with Crippen LogP contribution in [0, 0.1) is 11.3 Å². The van der Waals surface area contributed by atoms with Gasteiger partial charge >= 0.3 is 23.9 Å². The van der Waals surface area contributed by atoms with Gasteiger partial charge in [-0.3, -0.25) is 14.4 Å². The lowest BCUT2D eigenvalue weighted by Crippen LogP contribution is -2.81. The van der Waals surface area contributed by atoms with Crippen LogP contribution < -0.4 is 0 Å². The average molecular weight is 533 g/mol. The number of carbonyl (C=O) groups is 4. The van der Waals surface area contributed by atoms with E-state index in [0.29, 0.717) is 5.56 Å². The van der Waals surface area contributed by atoms with E-state index in [-0.39, 0.29) is 19.3 Å². The van der Waals surface area contributed by atoms with E-state index >= 15 is 0 Å². The summed E-state index contributed by atoms with van der Waals surface area (Å²) in [5.74, 6) is -2.95. The minimum atomic E-state index is -1.76. The molecule has 0 aromatic heterocycles. The number of carbonyl (C=O) groups excluding carboxylic acids is 4. The summed E-state index contributed by atoms with van der Waals surface area (Å²) in [6.45, 7) is 8.52. The zero-order valence-corrected chi connectivity index (χ0v) is 22.6. The summed E-state index contributed by atoms with van der Waals surface area (Å²) in [7, 11) is 0. The second-order valence-electron chi connectivity index (χ2n) is 11.3. The van der Waals surface area contributed by atoms with E-state index in [1.807, 2.05) is 13.8 Å². The molecule has 1 aliphatic heterocycles. The Morgan fingerprint density at radius 2 is 1.55 bits per heavy atom. The Labute approximate surface area is 221 Å². The maximum atomic E-state index is 13.3. The highest BCUT2D eigenvalue weighted by Gasteiger charge is 2.84. The van der Waals surface area contributed by atoms with Crippen LogP contribution in [-0.4, -0.2) is 70.7 Å². The molecule has 1 saturated heterocycles. The Morgan fingerprint density at radius 1 is 0.921 bits per heavy atom. The number of hydrogen-bond donors (Lipinski definition) is 1. The van der Waals surface area contributed by atoms with Crippen LogP contribution in [0.5, 0.6) is 0 Å². The monoisotopic (exact) mass is 532 g/mol. The highest BCUT2D eigenvalue weighted by atomic mass is 16.6. The summed E-state index contributed by atoms with van der Waals surface area (Å²) in [5, 5.41) is 12.1. The van der Waals surface area contributed by atoms with Crippen molar-refractivity contribution in [2.45, 2.75) is 95.9 Å². The van der Waals surface area contributed by atoms with Crippen LogP contribution in [0.3, 0.4) is 0 Å². The highest BCUT2D eigenvalue weighted by Crippen LogP contribution is 2.68. The Bertz CT molecular complexity index is 1110. The largest absolute Gasteiger partial charge is 0.465 e. The zero-order valence-electron chi connectivity index (χ0n) is 22.6. The summed E-state index contributed by atoms with van der Waals surface area (Å²) >= 11 is 0. The third kappa shape index (κ3) is 4.27. The molecule has 1 aromatic carbocycles. The molecule has 1 N–H and O–H groups in total. The Hall–Kier alpha value is -2.98. The smallest absolute Gasteiger partial charge is 0.338 e. The first kappa shape index (κ1) is 28.0. The Balaban J connectivity index is 1.97. The number of rotatable bonds is 6. The molecule has 1 heterocycles. The topological polar surface area (TPSA) is 135 Å². The molecule has 4 rings (SSSR count). The van der Waals surface area contributed by atoms with Gasteiger partial charge in [0.25, 0.3) is 0 Å². The van der Waals surface area contributed by atoms with Crippen molar-refractivity contribution in [3.8, 4) is 0 Å². The first-order valence-corrected chi connectivity index (χ1v) is 12.8. The van der Waals surface area contributed by atoms with Crippen molar-refractivity contribution in [3.63, 3.8) is 0 Å². The fraction of sp³-hybridized carbons (Fsp3) is 0.643. The van der Waals surface area contributed by atoms with Crippen LogP contribution in [0.4, 0.5) is 0 Å². The Morgan fingerprint density at radius 3 is 2.13 bits per heavy atom. The summed E-state index contributed by atoms with van der Waals surface area (Å²) < 4.78 is 30.2. The molecule has 10 nitrogen and oxygen atoms in total. The third-order valence-corrected chi connectivity index (χ3v) is 8.46. The zero-order chi connectivity index (χ0) is 28.1. The molecule has 3 aliphatic rings. The molecule has 208 valence electrons. The molecule has 0 amide bonds. The van der Waals surface area contributed by atoms with E-state index in [2.05, 4.69) is 0 Å². The molecule has 7 atom stereocenters. The molecule has 38 heavy (non-hydrogen) atoms. The summed E-state index contributed by atoms with van der Waals surface area (Å²) in [5.41, 5.74) is -5.68. The second-order valence-corrected chi connectivity index (χ2v) is 11.3. The standard InChI is InChI=1S/C28H36O10/c1-16(29)34-15-27-21(37-24(32)19-10-8-7-9-11-19)12-13-26(6,33)28(27)23(36-18(3)31)20(25(4,5)38-28)14-22(27)35-17(2)30/h7-11,20-23,33H,12-15H2,1-6H3/t20-,21+,22+,23-,26+,27+,28+/m1/s1. The van der Waals surface area contributed by atoms with Crippen molar-refractivity contribution in [3.05, 3.63) is 35.9 Å². The maximum absolute atomic E-state index is 13.3. The van der Waals surface area contributed by atoms with Crippen molar-refractivity contribution in [1.82, 2.24) is 0 Å².